The van der Waals surface area contributed by atoms with E-state index in [9.17, 15) is 18.4 Å². The second kappa shape index (κ2) is 10.0. The van der Waals surface area contributed by atoms with E-state index in [1.54, 1.807) is 17.1 Å². The van der Waals surface area contributed by atoms with Crippen molar-refractivity contribution in [3.63, 3.8) is 0 Å². The Bertz CT molecular complexity index is 1390. The lowest BCUT2D eigenvalue weighted by Gasteiger charge is -2.23. The standard InChI is InChI=1S/C27H22F2N4O2S/c1-16-9-11-17(12-10-16)22-14-23(18-5-4-6-19(28)13-18)33(32-22)27-31-26(35)24(36-27)15-25(34)30-21-8-3-2-7-20(21)29/h2-13,23-24H,14-15H2,1H3,(H,30,34)/t23-,24+/m0/s1. The molecule has 0 spiro atoms. The highest BCUT2D eigenvalue weighted by Crippen LogP contribution is 2.38. The molecular weight excluding hydrogens is 482 g/mol. The van der Waals surface area contributed by atoms with Gasteiger partial charge in [-0.05, 0) is 42.3 Å². The van der Waals surface area contributed by atoms with E-state index in [1.165, 1.54) is 30.3 Å². The molecule has 5 rings (SSSR count). The Kier molecular flexibility index (Phi) is 6.65. The summed E-state index contributed by atoms with van der Waals surface area (Å²) in [6.07, 6.45) is 0.330. The number of thioether (sulfide) groups is 1. The van der Waals surface area contributed by atoms with Gasteiger partial charge < -0.3 is 5.32 Å². The SMILES string of the molecule is Cc1ccc(C2=NN(C3=NC(=O)[C@@H](CC(=O)Nc4ccccc4F)S3)[C@H](c3cccc(F)c3)C2)cc1. The van der Waals surface area contributed by atoms with Crippen molar-refractivity contribution >= 4 is 40.1 Å². The van der Waals surface area contributed by atoms with Crippen molar-refractivity contribution in [3.05, 3.63) is 101 Å². The number of amidine groups is 1. The molecule has 1 N–H and O–H groups in total. The van der Waals surface area contributed by atoms with Gasteiger partial charge in [-0.1, -0.05) is 65.9 Å². The lowest BCUT2D eigenvalue weighted by molar-refractivity contribution is -0.121. The first-order valence-corrected chi connectivity index (χ1v) is 12.3. The molecule has 0 bridgehead atoms. The summed E-state index contributed by atoms with van der Waals surface area (Å²) >= 11 is 1.13. The van der Waals surface area contributed by atoms with Gasteiger partial charge in [0.25, 0.3) is 5.91 Å². The maximum Gasteiger partial charge on any atom is 0.262 e. The summed E-state index contributed by atoms with van der Waals surface area (Å²) in [7, 11) is 0. The van der Waals surface area contributed by atoms with E-state index in [0.29, 0.717) is 17.2 Å². The molecule has 2 aliphatic heterocycles. The molecule has 0 saturated heterocycles. The van der Waals surface area contributed by atoms with Crippen LogP contribution in [-0.2, 0) is 9.59 Å². The molecule has 9 heteroatoms. The first kappa shape index (κ1) is 23.9. The van der Waals surface area contributed by atoms with Crippen LogP contribution >= 0.6 is 11.8 Å². The van der Waals surface area contributed by atoms with E-state index in [-0.39, 0.29) is 24.0 Å². The Morgan fingerprint density at radius 1 is 1.08 bits per heavy atom. The molecule has 6 nitrogen and oxygen atoms in total. The molecule has 2 aliphatic rings. The fourth-order valence-corrected chi connectivity index (χ4v) is 5.18. The minimum absolute atomic E-state index is 0.0529. The van der Waals surface area contributed by atoms with Crippen LogP contribution < -0.4 is 5.32 Å². The van der Waals surface area contributed by atoms with Gasteiger partial charge in [0.1, 0.15) is 16.9 Å². The Balaban J connectivity index is 1.36. The number of aryl methyl sites for hydroxylation is 1. The molecule has 0 saturated carbocycles. The Labute approximate surface area is 211 Å². The third-order valence-corrected chi connectivity index (χ3v) is 7.11. The van der Waals surface area contributed by atoms with Crippen molar-refractivity contribution in [2.24, 2.45) is 10.1 Å². The molecule has 0 aliphatic carbocycles. The number of carbonyl (C=O) groups is 2. The monoisotopic (exact) mass is 504 g/mol. The number of hydrogen-bond donors (Lipinski definition) is 1. The smallest absolute Gasteiger partial charge is 0.262 e. The zero-order valence-corrected chi connectivity index (χ0v) is 20.1. The highest BCUT2D eigenvalue weighted by Gasteiger charge is 2.39. The average molecular weight is 505 g/mol. The molecule has 0 fully saturated rings. The number of benzene rings is 3. The summed E-state index contributed by atoms with van der Waals surface area (Å²) in [6.45, 7) is 2.00. The number of carbonyl (C=O) groups excluding carboxylic acids is 2. The van der Waals surface area contributed by atoms with Crippen LogP contribution in [0.25, 0.3) is 0 Å². The normalized spacial score (nSPS) is 19.3. The van der Waals surface area contributed by atoms with E-state index in [1.807, 2.05) is 37.3 Å². The average Bonchev–Trinajstić information content (AvgIpc) is 3.45. The number of amides is 2. The number of nitrogens with zero attached hydrogens (tertiary/aromatic N) is 3. The van der Waals surface area contributed by atoms with Gasteiger partial charge in [-0.25, -0.2) is 13.8 Å². The van der Waals surface area contributed by atoms with Gasteiger partial charge >= 0.3 is 0 Å². The minimum atomic E-state index is -0.765. The van der Waals surface area contributed by atoms with Crippen molar-refractivity contribution in [1.82, 2.24) is 5.01 Å². The number of rotatable bonds is 5. The molecule has 3 aromatic carbocycles. The van der Waals surface area contributed by atoms with Crippen LogP contribution in [0.1, 0.15) is 35.6 Å². The third kappa shape index (κ3) is 5.06. The summed E-state index contributed by atoms with van der Waals surface area (Å²) in [5, 5.41) is 8.48. The molecule has 3 aromatic rings. The summed E-state index contributed by atoms with van der Waals surface area (Å²) in [5.41, 5.74) is 3.60. The first-order valence-electron chi connectivity index (χ1n) is 11.4. The lowest BCUT2D eigenvalue weighted by Crippen LogP contribution is -2.25. The maximum absolute atomic E-state index is 14.0. The minimum Gasteiger partial charge on any atom is -0.324 e. The second-order valence-electron chi connectivity index (χ2n) is 8.60. The molecule has 36 heavy (non-hydrogen) atoms. The predicted molar refractivity (Wildman–Crippen MR) is 137 cm³/mol. The van der Waals surface area contributed by atoms with E-state index < -0.39 is 22.9 Å². The summed E-state index contributed by atoms with van der Waals surface area (Å²) < 4.78 is 27.9. The van der Waals surface area contributed by atoms with Crippen LogP contribution in [0.15, 0.2) is 82.9 Å². The fourth-order valence-electron chi connectivity index (χ4n) is 4.12. The highest BCUT2D eigenvalue weighted by atomic mass is 32.2. The van der Waals surface area contributed by atoms with Gasteiger partial charge in [-0.3, -0.25) is 9.59 Å². The number of hydrazone groups is 1. The summed E-state index contributed by atoms with van der Waals surface area (Å²) in [4.78, 5) is 29.4. The third-order valence-electron chi connectivity index (χ3n) is 5.97. The number of nitrogens with one attached hydrogen (secondary N) is 1. The Hall–Kier alpha value is -3.85. The van der Waals surface area contributed by atoms with Crippen molar-refractivity contribution in [2.45, 2.75) is 31.1 Å². The number of halogens is 2. The van der Waals surface area contributed by atoms with E-state index in [4.69, 9.17) is 5.10 Å². The Morgan fingerprint density at radius 3 is 2.61 bits per heavy atom. The molecule has 0 unspecified atom stereocenters. The summed E-state index contributed by atoms with van der Waals surface area (Å²) in [6, 6.07) is 19.7. The fraction of sp³-hybridized carbons (Fsp3) is 0.185. The number of para-hydroxylation sites is 1. The van der Waals surface area contributed by atoms with Crippen LogP contribution in [-0.4, -0.2) is 33.0 Å². The Morgan fingerprint density at radius 2 is 1.86 bits per heavy atom. The lowest BCUT2D eigenvalue weighted by atomic mass is 9.98. The van der Waals surface area contributed by atoms with Crippen LogP contribution in [0.2, 0.25) is 0 Å². The number of hydrogen-bond acceptors (Lipinski definition) is 5. The second-order valence-corrected chi connectivity index (χ2v) is 9.77. The zero-order chi connectivity index (χ0) is 25.2. The topological polar surface area (TPSA) is 74.1 Å². The van der Waals surface area contributed by atoms with Gasteiger partial charge in [0.15, 0.2) is 5.17 Å². The molecule has 2 heterocycles. The van der Waals surface area contributed by atoms with Crippen molar-refractivity contribution in [2.75, 3.05) is 5.32 Å². The van der Waals surface area contributed by atoms with Crippen LogP contribution in [0.4, 0.5) is 14.5 Å². The van der Waals surface area contributed by atoms with E-state index in [2.05, 4.69) is 10.3 Å². The van der Waals surface area contributed by atoms with Crippen molar-refractivity contribution in [1.29, 1.82) is 0 Å². The molecule has 0 radical (unpaired) electrons. The van der Waals surface area contributed by atoms with E-state index >= 15 is 0 Å². The molecule has 182 valence electrons. The molecule has 2 amide bonds. The van der Waals surface area contributed by atoms with Gasteiger partial charge in [0, 0.05) is 12.8 Å². The molecule has 0 aromatic heterocycles. The first-order chi connectivity index (χ1) is 17.4. The van der Waals surface area contributed by atoms with Crippen molar-refractivity contribution < 1.29 is 18.4 Å². The van der Waals surface area contributed by atoms with Crippen molar-refractivity contribution in [3.8, 4) is 0 Å². The van der Waals surface area contributed by atoms with Crippen LogP contribution in [0.5, 0.6) is 0 Å². The predicted octanol–water partition coefficient (Wildman–Crippen LogP) is 5.45. The molecular formula is C27H22F2N4O2S. The van der Waals surface area contributed by atoms with Gasteiger partial charge in [0.2, 0.25) is 5.91 Å². The van der Waals surface area contributed by atoms with Gasteiger partial charge in [-0.2, -0.15) is 10.1 Å². The maximum atomic E-state index is 14.0. The summed E-state index contributed by atoms with van der Waals surface area (Å²) in [5.74, 6) is -1.87. The van der Waals surface area contributed by atoms with Crippen LogP contribution in [0, 0.1) is 18.6 Å². The highest BCUT2D eigenvalue weighted by molar-refractivity contribution is 8.15. The number of anilines is 1. The quantitative estimate of drug-likeness (QED) is 0.501. The molecule has 2 atom stereocenters. The van der Waals surface area contributed by atoms with Crippen LogP contribution in [0.3, 0.4) is 0 Å². The number of aliphatic imine (C=N–C) groups is 1. The van der Waals surface area contributed by atoms with Gasteiger partial charge in [0.05, 0.1) is 17.4 Å². The largest absolute Gasteiger partial charge is 0.324 e. The van der Waals surface area contributed by atoms with Gasteiger partial charge in [-0.15, -0.1) is 0 Å². The zero-order valence-electron chi connectivity index (χ0n) is 19.3. The van der Waals surface area contributed by atoms with E-state index in [0.717, 1.165) is 28.6 Å².